The van der Waals surface area contributed by atoms with Gasteiger partial charge in [-0.3, -0.25) is 9.78 Å². The van der Waals surface area contributed by atoms with Gasteiger partial charge >= 0.3 is 0 Å². The van der Waals surface area contributed by atoms with Gasteiger partial charge in [-0.15, -0.1) is 0 Å². The normalized spacial score (nSPS) is 10.7. The lowest BCUT2D eigenvalue weighted by Gasteiger charge is -2.09. The molecule has 66 valence electrons. The Labute approximate surface area is 73.9 Å². The molecule has 0 bridgehead atoms. The standard InChI is InChI=1S/C7H9FN2OS/c1-4(2)10-3-5(8)6(11)9-7(10)12/h3-4H,1-2H3,(H,9,11,12). The fourth-order valence-corrected chi connectivity index (χ4v) is 1.20. The van der Waals surface area contributed by atoms with Gasteiger partial charge in [0, 0.05) is 12.2 Å². The average molecular weight is 188 g/mol. The minimum atomic E-state index is -0.808. The number of H-pyrrole nitrogens is 1. The Morgan fingerprint density at radius 1 is 1.67 bits per heavy atom. The summed E-state index contributed by atoms with van der Waals surface area (Å²) in [6.45, 7) is 3.71. The van der Waals surface area contributed by atoms with E-state index in [-0.39, 0.29) is 10.8 Å². The largest absolute Gasteiger partial charge is 0.320 e. The molecule has 1 N–H and O–H groups in total. The van der Waals surface area contributed by atoms with E-state index in [0.29, 0.717) is 0 Å². The lowest BCUT2D eigenvalue weighted by Crippen LogP contribution is -2.17. The first-order valence-electron chi connectivity index (χ1n) is 3.53. The molecular weight excluding hydrogens is 179 g/mol. The molecule has 3 nitrogen and oxygen atoms in total. The molecule has 0 spiro atoms. The second-order valence-corrected chi connectivity index (χ2v) is 3.12. The van der Waals surface area contributed by atoms with Gasteiger partial charge in [0.25, 0.3) is 5.56 Å². The molecule has 0 saturated heterocycles. The van der Waals surface area contributed by atoms with Crippen LogP contribution in [-0.2, 0) is 0 Å². The van der Waals surface area contributed by atoms with E-state index >= 15 is 0 Å². The van der Waals surface area contributed by atoms with Crippen LogP contribution in [0.1, 0.15) is 19.9 Å². The molecule has 0 fully saturated rings. The summed E-state index contributed by atoms with van der Waals surface area (Å²) in [5.41, 5.74) is -0.767. The van der Waals surface area contributed by atoms with E-state index in [1.165, 1.54) is 4.57 Å². The van der Waals surface area contributed by atoms with Crippen molar-refractivity contribution in [2.75, 3.05) is 0 Å². The van der Waals surface area contributed by atoms with E-state index in [1.807, 2.05) is 13.8 Å². The Bertz CT molecular complexity index is 393. The molecular formula is C7H9FN2OS. The number of rotatable bonds is 1. The number of nitrogens with one attached hydrogen (secondary N) is 1. The summed E-state index contributed by atoms with van der Waals surface area (Å²) in [6, 6.07) is 0.0452. The molecule has 0 unspecified atom stereocenters. The number of nitrogens with zero attached hydrogens (tertiary/aromatic N) is 1. The van der Waals surface area contributed by atoms with Gasteiger partial charge in [0.1, 0.15) is 0 Å². The van der Waals surface area contributed by atoms with Gasteiger partial charge in [0.15, 0.2) is 4.77 Å². The van der Waals surface area contributed by atoms with Gasteiger partial charge in [-0.25, -0.2) is 0 Å². The Balaban J connectivity index is 3.44. The maximum absolute atomic E-state index is 12.7. The molecule has 0 aliphatic heterocycles. The highest BCUT2D eigenvalue weighted by Gasteiger charge is 2.03. The maximum atomic E-state index is 12.7. The van der Waals surface area contributed by atoms with E-state index in [1.54, 1.807) is 0 Å². The van der Waals surface area contributed by atoms with Crippen LogP contribution < -0.4 is 5.56 Å². The highest BCUT2D eigenvalue weighted by Crippen LogP contribution is 2.02. The van der Waals surface area contributed by atoms with E-state index in [0.717, 1.165) is 6.20 Å². The van der Waals surface area contributed by atoms with Crippen LogP contribution in [0.15, 0.2) is 11.0 Å². The molecule has 1 rings (SSSR count). The van der Waals surface area contributed by atoms with Crippen LogP contribution in [0.2, 0.25) is 0 Å². The summed E-state index contributed by atoms with van der Waals surface area (Å²) >= 11 is 4.82. The van der Waals surface area contributed by atoms with Crippen LogP contribution in [0.3, 0.4) is 0 Å². The second kappa shape index (κ2) is 3.18. The molecule has 1 heterocycles. The summed E-state index contributed by atoms with van der Waals surface area (Å²) < 4.78 is 14.4. The number of halogens is 1. The molecule has 0 aliphatic rings. The van der Waals surface area contributed by atoms with Crippen molar-refractivity contribution in [3.8, 4) is 0 Å². The molecule has 1 aromatic heterocycles. The predicted octanol–water partition coefficient (Wildman–Crippen LogP) is 1.63. The molecule has 1 aromatic rings. The molecule has 0 saturated carbocycles. The van der Waals surface area contributed by atoms with E-state index in [4.69, 9.17) is 12.2 Å². The number of hydrogen-bond donors (Lipinski definition) is 1. The quantitative estimate of drug-likeness (QED) is 0.680. The van der Waals surface area contributed by atoms with Gasteiger partial charge in [-0.1, -0.05) is 0 Å². The topological polar surface area (TPSA) is 37.8 Å². The van der Waals surface area contributed by atoms with Crippen molar-refractivity contribution in [1.82, 2.24) is 9.55 Å². The number of aromatic nitrogens is 2. The SMILES string of the molecule is CC(C)n1cc(F)c(=O)[nH]c1=S. The van der Waals surface area contributed by atoms with Gasteiger partial charge < -0.3 is 4.57 Å². The van der Waals surface area contributed by atoms with Crippen molar-refractivity contribution < 1.29 is 4.39 Å². The fourth-order valence-electron chi connectivity index (χ4n) is 0.844. The predicted molar refractivity (Wildman–Crippen MR) is 46.2 cm³/mol. The second-order valence-electron chi connectivity index (χ2n) is 2.74. The first-order valence-corrected chi connectivity index (χ1v) is 3.94. The van der Waals surface area contributed by atoms with Crippen molar-refractivity contribution in [1.29, 1.82) is 0 Å². The van der Waals surface area contributed by atoms with Crippen molar-refractivity contribution in [3.05, 3.63) is 27.1 Å². The average Bonchev–Trinajstić information content (AvgIpc) is 1.96. The smallest absolute Gasteiger partial charge is 0.287 e. The van der Waals surface area contributed by atoms with Crippen LogP contribution in [0.5, 0.6) is 0 Å². The summed E-state index contributed by atoms with van der Waals surface area (Å²) in [5, 5.41) is 0. The minimum absolute atomic E-state index is 0.0452. The van der Waals surface area contributed by atoms with Gasteiger partial charge in [-0.2, -0.15) is 4.39 Å². The highest BCUT2D eigenvalue weighted by molar-refractivity contribution is 7.71. The summed E-state index contributed by atoms with van der Waals surface area (Å²) in [5.74, 6) is -0.808. The molecule has 0 aromatic carbocycles. The Kier molecular flexibility index (Phi) is 2.42. The Hall–Kier alpha value is -0.970. The van der Waals surface area contributed by atoms with Crippen LogP contribution in [0.4, 0.5) is 4.39 Å². The first kappa shape index (κ1) is 9.12. The van der Waals surface area contributed by atoms with E-state index < -0.39 is 11.4 Å². The lowest BCUT2D eigenvalue weighted by atomic mass is 10.4. The maximum Gasteiger partial charge on any atom is 0.287 e. The Morgan fingerprint density at radius 3 is 2.75 bits per heavy atom. The highest BCUT2D eigenvalue weighted by atomic mass is 32.1. The van der Waals surface area contributed by atoms with E-state index in [9.17, 15) is 9.18 Å². The minimum Gasteiger partial charge on any atom is -0.320 e. The zero-order valence-corrected chi connectivity index (χ0v) is 7.61. The third-order valence-corrected chi connectivity index (χ3v) is 1.79. The third kappa shape index (κ3) is 1.61. The van der Waals surface area contributed by atoms with Gasteiger partial charge in [-0.05, 0) is 26.1 Å². The van der Waals surface area contributed by atoms with Gasteiger partial charge in [0.2, 0.25) is 5.82 Å². The first-order chi connectivity index (χ1) is 5.52. The van der Waals surface area contributed by atoms with Crippen molar-refractivity contribution >= 4 is 12.2 Å². The molecule has 5 heteroatoms. The fraction of sp³-hybridized carbons (Fsp3) is 0.429. The monoisotopic (exact) mass is 188 g/mol. The molecule has 12 heavy (non-hydrogen) atoms. The summed E-state index contributed by atoms with van der Waals surface area (Å²) in [6.07, 6.45) is 1.12. The number of aromatic amines is 1. The van der Waals surface area contributed by atoms with E-state index in [2.05, 4.69) is 4.98 Å². The molecule has 0 radical (unpaired) electrons. The lowest BCUT2D eigenvalue weighted by molar-refractivity contribution is 0.521. The van der Waals surface area contributed by atoms with Crippen molar-refractivity contribution in [2.24, 2.45) is 0 Å². The third-order valence-electron chi connectivity index (χ3n) is 1.48. The Morgan fingerprint density at radius 2 is 2.25 bits per heavy atom. The van der Waals surface area contributed by atoms with Crippen LogP contribution in [-0.4, -0.2) is 9.55 Å². The van der Waals surface area contributed by atoms with Crippen molar-refractivity contribution in [2.45, 2.75) is 19.9 Å². The van der Waals surface area contributed by atoms with Crippen LogP contribution in [0, 0.1) is 10.6 Å². The van der Waals surface area contributed by atoms with Crippen LogP contribution >= 0.6 is 12.2 Å². The summed E-state index contributed by atoms with van der Waals surface area (Å²) in [4.78, 5) is 12.9. The van der Waals surface area contributed by atoms with Crippen molar-refractivity contribution in [3.63, 3.8) is 0 Å². The number of hydrogen-bond acceptors (Lipinski definition) is 2. The van der Waals surface area contributed by atoms with Crippen LogP contribution in [0.25, 0.3) is 0 Å². The summed E-state index contributed by atoms with van der Waals surface area (Å²) in [7, 11) is 0. The zero-order valence-electron chi connectivity index (χ0n) is 6.80. The van der Waals surface area contributed by atoms with Gasteiger partial charge in [0.05, 0.1) is 0 Å². The molecule has 0 atom stereocenters. The zero-order chi connectivity index (χ0) is 9.30. The molecule has 0 amide bonds. The molecule has 0 aliphatic carbocycles.